The second-order valence-electron chi connectivity index (χ2n) is 10.0. The van der Waals surface area contributed by atoms with Crippen molar-refractivity contribution in [1.82, 2.24) is 29.5 Å². The fraction of sp³-hybridized carbons (Fsp3) is 0.500. The Bertz CT molecular complexity index is 1390. The van der Waals surface area contributed by atoms with E-state index in [1.807, 2.05) is 12.4 Å². The average Bonchev–Trinajstić information content (AvgIpc) is 3.56. The predicted molar refractivity (Wildman–Crippen MR) is 124 cm³/mol. The number of anilines is 1. The number of pyridine rings is 1. The van der Waals surface area contributed by atoms with E-state index in [-0.39, 0.29) is 0 Å². The molecule has 0 aromatic carbocycles. The summed E-state index contributed by atoms with van der Waals surface area (Å²) in [5, 5.41) is 1.09. The Kier molecular flexibility index (Phi) is 3.97. The van der Waals surface area contributed by atoms with Crippen LogP contribution in [-0.4, -0.2) is 62.4 Å². The number of aromatic nitrogens is 6. The van der Waals surface area contributed by atoms with Gasteiger partial charge in [-0.15, -0.1) is 0 Å². The van der Waals surface area contributed by atoms with E-state index in [0.29, 0.717) is 24.3 Å². The van der Waals surface area contributed by atoms with Crippen molar-refractivity contribution in [2.75, 3.05) is 37.8 Å². The van der Waals surface area contributed by atoms with Gasteiger partial charge in [0.15, 0.2) is 22.8 Å². The fourth-order valence-electron chi connectivity index (χ4n) is 5.58. The van der Waals surface area contributed by atoms with Crippen LogP contribution < -0.4 is 4.90 Å². The largest absolute Gasteiger partial charge is 0.381 e. The minimum Gasteiger partial charge on any atom is -0.381 e. The van der Waals surface area contributed by atoms with Crippen molar-refractivity contribution in [1.29, 1.82) is 0 Å². The van der Waals surface area contributed by atoms with E-state index in [0.717, 1.165) is 77.8 Å². The lowest BCUT2D eigenvalue weighted by molar-refractivity contribution is -0.0530. The molecule has 170 valence electrons. The van der Waals surface area contributed by atoms with Gasteiger partial charge in [0.25, 0.3) is 0 Å². The Hall–Kier alpha value is -3.04. The monoisotopic (exact) mass is 445 g/mol. The van der Waals surface area contributed by atoms with Gasteiger partial charge in [-0.05, 0) is 32.4 Å². The third-order valence-electron chi connectivity index (χ3n) is 7.43. The summed E-state index contributed by atoms with van der Waals surface area (Å²) < 4.78 is 14.0. The highest BCUT2D eigenvalue weighted by atomic mass is 16.5. The number of imidazole rings is 1. The van der Waals surface area contributed by atoms with Gasteiger partial charge >= 0.3 is 0 Å². The van der Waals surface area contributed by atoms with E-state index in [1.165, 1.54) is 0 Å². The Balaban J connectivity index is 1.44. The number of ether oxygens (including phenoxy) is 2. The van der Waals surface area contributed by atoms with Gasteiger partial charge in [-0.2, -0.15) is 0 Å². The molecule has 33 heavy (non-hydrogen) atoms. The van der Waals surface area contributed by atoms with E-state index >= 15 is 0 Å². The maximum Gasteiger partial charge on any atom is 0.166 e. The number of hydrogen-bond donors (Lipinski definition) is 1. The van der Waals surface area contributed by atoms with Gasteiger partial charge in [0, 0.05) is 54.8 Å². The highest BCUT2D eigenvalue weighted by Gasteiger charge is 2.40. The summed E-state index contributed by atoms with van der Waals surface area (Å²) in [6, 6.07) is 2.13. The molecule has 0 saturated carbocycles. The molecular weight excluding hydrogens is 418 g/mol. The van der Waals surface area contributed by atoms with Crippen LogP contribution in [0.4, 0.5) is 5.82 Å². The molecule has 9 heteroatoms. The summed E-state index contributed by atoms with van der Waals surface area (Å²) in [6.45, 7) is 11.1. The zero-order valence-electron chi connectivity index (χ0n) is 19.1. The lowest BCUT2D eigenvalue weighted by atomic mass is 10.0. The van der Waals surface area contributed by atoms with Crippen LogP contribution in [0, 0.1) is 18.8 Å². The summed E-state index contributed by atoms with van der Waals surface area (Å²) in [6.07, 6.45) is 3.84. The lowest BCUT2D eigenvalue weighted by Gasteiger charge is -2.30. The van der Waals surface area contributed by atoms with Gasteiger partial charge < -0.3 is 23.9 Å². The van der Waals surface area contributed by atoms with Gasteiger partial charge in [-0.25, -0.2) is 19.9 Å². The van der Waals surface area contributed by atoms with Gasteiger partial charge in [-0.1, -0.05) is 0 Å². The van der Waals surface area contributed by atoms with Crippen molar-refractivity contribution in [2.24, 2.45) is 11.8 Å². The van der Waals surface area contributed by atoms with Crippen LogP contribution in [0.1, 0.15) is 25.2 Å². The van der Waals surface area contributed by atoms with E-state index in [4.69, 9.17) is 24.4 Å². The maximum absolute atomic E-state index is 6.04. The first-order valence-electron chi connectivity index (χ1n) is 11.7. The molecule has 2 saturated heterocycles. The number of nitrogens with zero attached hydrogens (tertiary/aromatic N) is 6. The maximum atomic E-state index is 6.04. The van der Waals surface area contributed by atoms with Crippen molar-refractivity contribution < 1.29 is 9.47 Å². The molecule has 4 aromatic heterocycles. The minimum absolute atomic E-state index is 0.464. The van der Waals surface area contributed by atoms with E-state index in [1.54, 1.807) is 0 Å². The van der Waals surface area contributed by atoms with E-state index in [9.17, 15) is 0 Å². The minimum atomic E-state index is -0.464. The van der Waals surface area contributed by atoms with Crippen LogP contribution >= 0.6 is 0 Å². The quantitative estimate of drug-likeness (QED) is 0.507. The molecule has 2 fully saturated rings. The van der Waals surface area contributed by atoms with E-state index in [2.05, 4.69) is 46.3 Å². The number of fused-ring (bicyclic) bond motifs is 5. The Morgan fingerprint density at radius 2 is 1.94 bits per heavy atom. The fourth-order valence-corrected chi connectivity index (χ4v) is 5.58. The molecule has 2 atom stereocenters. The molecule has 0 amide bonds. The molecule has 7 heterocycles. The van der Waals surface area contributed by atoms with Gasteiger partial charge in [0.2, 0.25) is 0 Å². The zero-order valence-corrected chi connectivity index (χ0v) is 19.1. The molecular formula is C24H27N7O2. The summed E-state index contributed by atoms with van der Waals surface area (Å²) in [5.74, 6) is 3.61. The molecule has 3 aliphatic heterocycles. The third-order valence-corrected chi connectivity index (χ3v) is 7.43. The van der Waals surface area contributed by atoms with Crippen molar-refractivity contribution in [2.45, 2.75) is 32.9 Å². The first-order valence-corrected chi connectivity index (χ1v) is 11.7. The van der Waals surface area contributed by atoms with Crippen molar-refractivity contribution in [3.05, 3.63) is 29.8 Å². The molecule has 4 aromatic rings. The smallest absolute Gasteiger partial charge is 0.166 e. The normalized spacial score (nSPS) is 24.0. The van der Waals surface area contributed by atoms with Crippen LogP contribution in [0.25, 0.3) is 33.6 Å². The van der Waals surface area contributed by atoms with Gasteiger partial charge in [0.05, 0.1) is 19.8 Å². The van der Waals surface area contributed by atoms with Gasteiger partial charge in [0.1, 0.15) is 17.1 Å². The van der Waals surface area contributed by atoms with Crippen molar-refractivity contribution in [3.63, 3.8) is 0 Å². The number of hydrogen-bond acceptors (Lipinski definition) is 7. The number of rotatable bonds is 2. The van der Waals surface area contributed by atoms with E-state index < -0.39 is 5.60 Å². The molecule has 3 aliphatic rings. The summed E-state index contributed by atoms with van der Waals surface area (Å²) in [5.41, 5.74) is 4.23. The SMILES string of the molecule is Cc1c[nH]c2ncc(-c3nc(N4CC5COCC5C4)c4nc5n(c4n3)CCOC5(C)C)cc12. The second kappa shape index (κ2) is 6.74. The first kappa shape index (κ1) is 19.4. The predicted octanol–water partition coefficient (Wildman–Crippen LogP) is 3.03. The third kappa shape index (κ3) is 2.85. The van der Waals surface area contributed by atoms with Gasteiger partial charge in [-0.3, -0.25) is 0 Å². The van der Waals surface area contributed by atoms with Crippen molar-refractivity contribution >= 4 is 28.0 Å². The standard InChI is InChI=1S/C24H27N7O2/c1-13-7-25-20-17(13)6-14(8-26-20)19-28-21(30-9-15-11-32-12-16(15)10-30)18-22(29-19)31-4-5-33-24(2,3)23(31)27-18/h6-8,15-16H,4-5,9-12H2,1-3H3,(H,25,26). The lowest BCUT2D eigenvalue weighted by Crippen LogP contribution is -2.33. The summed E-state index contributed by atoms with van der Waals surface area (Å²) >= 11 is 0. The molecule has 9 nitrogen and oxygen atoms in total. The number of aryl methyl sites for hydroxylation is 1. The molecule has 2 unspecified atom stereocenters. The van der Waals surface area contributed by atoms with Crippen LogP contribution in [0.3, 0.4) is 0 Å². The first-order chi connectivity index (χ1) is 16.0. The molecule has 0 bridgehead atoms. The molecule has 0 spiro atoms. The zero-order chi connectivity index (χ0) is 22.3. The molecule has 1 N–H and O–H groups in total. The Labute approximate surface area is 191 Å². The molecule has 0 aliphatic carbocycles. The molecule has 7 rings (SSSR count). The highest BCUT2D eigenvalue weighted by Crippen LogP contribution is 2.38. The number of H-pyrrole nitrogens is 1. The second-order valence-corrected chi connectivity index (χ2v) is 10.0. The van der Waals surface area contributed by atoms with Crippen LogP contribution in [-0.2, 0) is 21.6 Å². The number of nitrogens with one attached hydrogen (secondary N) is 1. The van der Waals surface area contributed by atoms with Crippen LogP contribution in [0.5, 0.6) is 0 Å². The summed E-state index contributed by atoms with van der Waals surface area (Å²) in [4.78, 5) is 25.4. The number of aromatic amines is 1. The highest BCUT2D eigenvalue weighted by molar-refractivity contribution is 5.88. The van der Waals surface area contributed by atoms with Crippen LogP contribution in [0.2, 0.25) is 0 Å². The summed E-state index contributed by atoms with van der Waals surface area (Å²) in [7, 11) is 0. The Morgan fingerprint density at radius 3 is 2.76 bits per heavy atom. The Morgan fingerprint density at radius 1 is 1.12 bits per heavy atom. The average molecular weight is 446 g/mol. The molecule has 0 radical (unpaired) electrons. The van der Waals surface area contributed by atoms with Crippen molar-refractivity contribution in [3.8, 4) is 11.4 Å². The topological polar surface area (TPSA) is 94.0 Å². The van der Waals surface area contributed by atoms with Crippen LogP contribution in [0.15, 0.2) is 18.5 Å².